The highest BCUT2D eigenvalue weighted by Gasteiger charge is 2.13. The zero-order chi connectivity index (χ0) is 12.3. The van der Waals surface area contributed by atoms with E-state index < -0.39 is 0 Å². The van der Waals surface area contributed by atoms with Gasteiger partial charge in [0.15, 0.2) is 5.96 Å². The lowest BCUT2D eigenvalue weighted by atomic mass is 9.97. The third-order valence-electron chi connectivity index (χ3n) is 3.10. The van der Waals surface area contributed by atoms with Crippen LogP contribution in [0, 0.1) is 0 Å². The van der Waals surface area contributed by atoms with Crippen molar-refractivity contribution in [2.24, 2.45) is 4.99 Å². The number of aliphatic imine (C=N–C) groups is 1. The third kappa shape index (κ3) is 2.78. The van der Waals surface area contributed by atoms with Crippen molar-refractivity contribution in [1.29, 1.82) is 0 Å². The van der Waals surface area contributed by atoms with E-state index in [-0.39, 0.29) is 0 Å². The maximum Gasteiger partial charge on any atom is 0.194 e. The quantitative estimate of drug-likeness (QED) is 0.863. The van der Waals surface area contributed by atoms with Gasteiger partial charge in [0.25, 0.3) is 0 Å². The summed E-state index contributed by atoms with van der Waals surface area (Å²) in [7, 11) is 2.09. The van der Waals surface area contributed by atoms with Gasteiger partial charge >= 0.3 is 0 Å². The molecule has 0 unspecified atom stereocenters. The molecule has 1 aliphatic heterocycles. The standard InChI is InChI=1S/C14H21N3/c1-11(2)13-7-5-4-6-12(13)10-17(3)14-15-8-9-16-14/h4-7,11H,8-10H2,1-3H3,(H,15,16). The molecule has 17 heavy (non-hydrogen) atoms. The Morgan fingerprint density at radius 1 is 1.35 bits per heavy atom. The molecular weight excluding hydrogens is 210 g/mol. The number of hydrogen-bond acceptors (Lipinski definition) is 3. The second-order valence-corrected chi connectivity index (χ2v) is 4.84. The summed E-state index contributed by atoms with van der Waals surface area (Å²) in [6, 6.07) is 8.65. The first-order chi connectivity index (χ1) is 8.18. The molecule has 3 nitrogen and oxygen atoms in total. The lowest BCUT2D eigenvalue weighted by molar-refractivity contribution is 0.483. The van der Waals surface area contributed by atoms with E-state index in [1.54, 1.807) is 0 Å². The first kappa shape index (κ1) is 12.0. The first-order valence-electron chi connectivity index (χ1n) is 6.25. The third-order valence-corrected chi connectivity index (χ3v) is 3.10. The van der Waals surface area contributed by atoms with Crippen molar-refractivity contribution >= 4 is 5.96 Å². The Bertz CT molecular complexity index is 410. The maximum absolute atomic E-state index is 4.44. The van der Waals surface area contributed by atoms with Gasteiger partial charge in [0.05, 0.1) is 6.54 Å². The second kappa shape index (κ2) is 5.21. The molecule has 1 aliphatic rings. The summed E-state index contributed by atoms with van der Waals surface area (Å²) >= 11 is 0. The van der Waals surface area contributed by atoms with Crippen molar-refractivity contribution in [2.45, 2.75) is 26.3 Å². The van der Waals surface area contributed by atoms with E-state index in [9.17, 15) is 0 Å². The monoisotopic (exact) mass is 231 g/mol. The topological polar surface area (TPSA) is 27.6 Å². The fraction of sp³-hybridized carbons (Fsp3) is 0.500. The average Bonchev–Trinajstić information content (AvgIpc) is 2.83. The minimum absolute atomic E-state index is 0.568. The van der Waals surface area contributed by atoms with Crippen LogP contribution < -0.4 is 5.32 Å². The van der Waals surface area contributed by atoms with Crippen LogP contribution in [0.3, 0.4) is 0 Å². The number of benzene rings is 1. The van der Waals surface area contributed by atoms with Crippen molar-refractivity contribution in [1.82, 2.24) is 10.2 Å². The summed E-state index contributed by atoms with van der Waals surface area (Å²) in [5.74, 6) is 1.58. The fourth-order valence-corrected chi connectivity index (χ4v) is 2.21. The molecule has 1 heterocycles. The van der Waals surface area contributed by atoms with Crippen LogP contribution in [0.15, 0.2) is 29.3 Å². The molecule has 0 spiro atoms. The average molecular weight is 231 g/mol. The van der Waals surface area contributed by atoms with Gasteiger partial charge in [-0.3, -0.25) is 4.99 Å². The number of guanidine groups is 1. The van der Waals surface area contributed by atoms with Gasteiger partial charge in [0.2, 0.25) is 0 Å². The SMILES string of the molecule is CC(C)c1ccccc1CN(C)C1=NCCN1. The number of nitrogens with zero attached hydrogens (tertiary/aromatic N) is 2. The van der Waals surface area contributed by atoms with Gasteiger partial charge in [-0.25, -0.2) is 0 Å². The van der Waals surface area contributed by atoms with Gasteiger partial charge in [-0.05, 0) is 17.0 Å². The van der Waals surface area contributed by atoms with Crippen molar-refractivity contribution in [3.05, 3.63) is 35.4 Å². The largest absolute Gasteiger partial charge is 0.354 e. The molecule has 2 rings (SSSR count). The zero-order valence-corrected chi connectivity index (χ0v) is 10.9. The van der Waals surface area contributed by atoms with E-state index in [1.807, 2.05) is 0 Å². The zero-order valence-electron chi connectivity index (χ0n) is 10.9. The van der Waals surface area contributed by atoms with Crippen LogP contribution in [0.25, 0.3) is 0 Å². The van der Waals surface area contributed by atoms with Crippen LogP contribution in [0.4, 0.5) is 0 Å². The molecule has 0 fully saturated rings. The molecule has 1 N–H and O–H groups in total. The predicted octanol–water partition coefficient (Wildman–Crippen LogP) is 2.20. The van der Waals surface area contributed by atoms with Crippen molar-refractivity contribution < 1.29 is 0 Å². The lowest BCUT2D eigenvalue weighted by Crippen LogP contribution is -2.35. The maximum atomic E-state index is 4.44. The van der Waals surface area contributed by atoms with Gasteiger partial charge in [0, 0.05) is 20.1 Å². The van der Waals surface area contributed by atoms with Gasteiger partial charge in [-0.1, -0.05) is 38.1 Å². The molecule has 0 saturated heterocycles. The Hall–Kier alpha value is -1.51. The molecule has 0 amide bonds. The van der Waals surface area contributed by atoms with Crippen LogP contribution in [-0.2, 0) is 6.54 Å². The molecule has 1 aromatic carbocycles. The van der Waals surface area contributed by atoms with Gasteiger partial charge in [-0.2, -0.15) is 0 Å². The van der Waals surface area contributed by atoms with E-state index in [4.69, 9.17) is 0 Å². The normalized spacial score (nSPS) is 14.7. The van der Waals surface area contributed by atoms with E-state index in [1.165, 1.54) is 11.1 Å². The molecule has 0 bridgehead atoms. The Morgan fingerprint density at radius 3 is 2.76 bits per heavy atom. The Morgan fingerprint density at radius 2 is 2.12 bits per heavy atom. The molecule has 92 valence electrons. The highest BCUT2D eigenvalue weighted by atomic mass is 15.3. The fourth-order valence-electron chi connectivity index (χ4n) is 2.21. The Balaban J connectivity index is 2.12. The molecule has 0 saturated carbocycles. The van der Waals surface area contributed by atoms with Crippen molar-refractivity contribution in [3.63, 3.8) is 0 Å². The molecule has 0 atom stereocenters. The summed E-state index contributed by atoms with van der Waals surface area (Å²) in [4.78, 5) is 6.63. The minimum Gasteiger partial charge on any atom is -0.354 e. The summed E-state index contributed by atoms with van der Waals surface area (Å²) in [6.07, 6.45) is 0. The highest BCUT2D eigenvalue weighted by Crippen LogP contribution is 2.20. The van der Waals surface area contributed by atoms with E-state index >= 15 is 0 Å². The smallest absolute Gasteiger partial charge is 0.194 e. The van der Waals surface area contributed by atoms with Crippen LogP contribution in [0.1, 0.15) is 30.9 Å². The van der Waals surface area contributed by atoms with E-state index in [2.05, 4.69) is 60.4 Å². The molecular formula is C14H21N3. The van der Waals surface area contributed by atoms with Gasteiger partial charge in [-0.15, -0.1) is 0 Å². The Kier molecular flexibility index (Phi) is 3.67. The lowest BCUT2D eigenvalue weighted by Gasteiger charge is -2.21. The summed E-state index contributed by atoms with van der Waals surface area (Å²) in [5, 5.41) is 3.30. The van der Waals surface area contributed by atoms with Crippen LogP contribution >= 0.6 is 0 Å². The number of nitrogens with one attached hydrogen (secondary N) is 1. The second-order valence-electron chi connectivity index (χ2n) is 4.84. The van der Waals surface area contributed by atoms with E-state index in [0.29, 0.717) is 5.92 Å². The predicted molar refractivity (Wildman–Crippen MR) is 72.3 cm³/mol. The molecule has 0 radical (unpaired) electrons. The molecule has 0 aromatic heterocycles. The molecule has 3 heteroatoms. The van der Waals surface area contributed by atoms with Crippen molar-refractivity contribution in [3.8, 4) is 0 Å². The molecule has 1 aromatic rings. The van der Waals surface area contributed by atoms with Crippen molar-refractivity contribution in [2.75, 3.05) is 20.1 Å². The highest BCUT2D eigenvalue weighted by molar-refractivity contribution is 5.81. The number of hydrogen-bond donors (Lipinski definition) is 1. The van der Waals surface area contributed by atoms with Crippen LogP contribution in [0.5, 0.6) is 0 Å². The molecule has 0 aliphatic carbocycles. The summed E-state index contributed by atoms with van der Waals surface area (Å²) in [6.45, 7) is 7.26. The summed E-state index contributed by atoms with van der Waals surface area (Å²) in [5.41, 5.74) is 2.82. The van der Waals surface area contributed by atoms with Crippen LogP contribution in [-0.4, -0.2) is 31.0 Å². The van der Waals surface area contributed by atoms with E-state index in [0.717, 1.165) is 25.6 Å². The number of rotatable bonds is 3. The minimum atomic E-state index is 0.568. The van der Waals surface area contributed by atoms with Gasteiger partial charge < -0.3 is 10.2 Å². The van der Waals surface area contributed by atoms with Gasteiger partial charge in [0.1, 0.15) is 0 Å². The Labute approximate surface area is 104 Å². The first-order valence-corrected chi connectivity index (χ1v) is 6.25. The summed E-state index contributed by atoms with van der Waals surface area (Å²) < 4.78 is 0. The van der Waals surface area contributed by atoms with Crippen LogP contribution in [0.2, 0.25) is 0 Å².